The number of nitrogens with two attached hydrogens (primary N) is 2. The SMILES string of the molecule is CSCCC(NC(=O)C(Cc1ccccc1)NC(=O)C(N)CCC(N)=O)C(=O)NCC(=O)O. The van der Waals surface area contributed by atoms with Gasteiger partial charge in [0.2, 0.25) is 23.6 Å². The second kappa shape index (κ2) is 14.9. The van der Waals surface area contributed by atoms with Crippen LogP contribution >= 0.6 is 11.8 Å². The van der Waals surface area contributed by atoms with Crippen molar-refractivity contribution < 1.29 is 29.1 Å². The van der Waals surface area contributed by atoms with Crippen LogP contribution in [0.25, 0.3) is 0 Å². The Balaban J connectivity index is 2.96. The fourth-order valence-corrected chi connectivity index (χ4v) is 3.30. The van der Waals surface area contributed by atoms with Gasteiger partial charge < -0.3 is 32.5 Å². The van der Waals surface area contributed by atoms with Gasteiger partial charge >= 0.3 is 5.97 Å². The van der Waals surface area contributed by atoms with E-state index >= 15 is 0 Å². The third kappa shape index (κ3) is 11.3. The smallest absolute Gasteiger partial charge is 0.322 e. The summed E-state index contributed by atoms with van der Waals surface area (Å²) in [5.74, 6) is -3.16. The zero-order valence-electron chi connectivity index (χ0n) is 18.4. The molecule has 1 aromatic carbocycles. The summed E-state index contributed by atoms with van der Waals surface area (Å²) in [6.07, 6.45) is 2.18. The average Bonchev–Trinajstić information content (AvgIpc) is 2.78. The summed E-state index contributed by atoms with van der Waals surface area (Å²) in [6.45, 7) is -0.580. The molecule has 0 aliphatic carbocycles. The topological polar surface area (TPSA) is 194 Å². The lowest BCUT2D eigenvalue weighted by Gasteiger charge is -2.24. The van der Waals surface area contributed by atoms with Crippen LogP contribution in [-0.2, 0) is 30.4 Å². The van der Waals surface area contributed by atoms with E-state index in [2.05, 4.69) is 16.0 Å². The molecule has 11 nitrogen and oxygen atoms in total. The molecule has 8 N–H and O–H groups in total. The number of carbonyl (C=O) groups excluding carboxylic acids is 4. The Labute approximate surface area is 196 Å². The molecule has 0 saturated carbocycles. The summed E-state index contributed by atoms with van der Waals surface area (Å²) in [6, 6.07) is 5.86. The van der Waals surface area contributed by atoms with Crippen LogP contribution in [-0.4, -0.2) is 71.4 Å². The van der Waals surface area contributed by atoms with E-state index in [1.165, 1.54) is 11.8 Å². The van der Waals surface area contributed by atoms with E-state index in [1.54, 1.807) is 24.3 Å². The van der Waals surface area contributed by atoms with E-state index in [-0.39, 0.29) is 25.7 Å². The van der Waals surface area contributed by atoms with Gasteiger partial charge in [0.25, 0.3) is 0 Å². The molecule has 0 aromatic heterocycles. The molecule has 4 amide bonds. The van der Waals surface area contributed by atoms with Crippen LogP contribution < -0.4 is 27.4 Å². The van der Waals surface area contributed by atoms with Crippen molar-refractivity contribution in [2.45, 2.75) is 43.8 Å². The van der Waals surface area contributed by atoms with Crippen LogP contribution in [0.4, 0.5) is 0 Å². The van der Waals surface area contributed by atoms with Crippen LogP contribution in [0.3, 0.4) is 0 Å². The van der Waals surface area contributed by atoms with Crippen molar-refractivity contribution in [2.75, 3.05) is 18.6 Å². The van der Waals surface area contributed by atoms with Crippen LogP contribution in [0, 0.1) is 0 Å². The van der Waals surface area contributed by atoms with Crippen molar-refractivity contribution >= 4 is 41.4 Å². The number of rotatable bonds is 15. The number of aliphatic carboxylic acids is 1. The minimum atomic E-state index is -1.21. The van der Waals surface area contributed by atoms with Crippen molar-refractivity contribution in [3.63, 3.8) is 0 Å². The second-order valence-corrected chi connectivity index (χ2v) is 8.30. The summed E-state index contributed by atoms with van der Waals surface area (Å²) in [5, 5.41) is 16.2. The summed E-state index contributed by atoms with van der Waals surface area (Å²) in [5.41, 5.74) is 11.7. The van der Waals surface area contributed by atoms with Gasteiger partial charge in [0.05, 0.1) is 6.04 Å². The fourth-order valence-electron chi connectivity index (χ4n) is 2.83. The maximum absolute atomic E-state index is 13.0. The first kappa shape index (κ1) is 27.9. The van der Waals surface area contributed by atoms with Crippen LogP contribution in [0.5, 0.6) is 0 Å². The summed E-state index contributed by atoms with van der Waals surface area (Å²) in [4.78, 5) is 59.7. The van der Waals surface area contributed by atoms with Gasteiger partial charge in [-0.1, -0.05) is 30.3 Å². The van der Waals surface area contributed by atoms with Gasteiger partial charge in [0.1, 0.15) is 18.6 Å². The Bertz CT molecular complexity index is 823. The van der Waals surface area contributed by atoms with Gasteiger partial charge in [0, 0.05) is 12.8 Å². The number of carboxylic acid groups (broad SMARTS) is 1. The van der Waals surface area contributed by atoms with Gasteiger partial charge in [0.15, 0.2) is 0 Å². The van der Waals surface area contributed by atoms with E-state index in [1.807, 2.05) is 12.3 Å². The van der Waals surface area contributed by atoms with Crippen molar-refractivity contribution in [3.8, 4) is 0 Å². The highest BCUT2D eigenvalue weighted by Crippen LogP contribution is 2.07. The van der Waals surface area contributed by atoms with E-state index in [4.69, 9.17) is 16.6 Å². The molecule has 12 heteroatoms. The standard InChI is InChI=1S/C21H31N5O6S/c1-33-10-9-15(20(31)24-12-18(28)29)25-21(32)16(11-13-5-3-2-4-6-13)26-19(30)14(22)7-8-17(23)27/h2-6,14-16H,7-12,22H2,1H3,(H2,23,27)(H,24,31)(H,25,32)(H,26,30)(H,28,29). The number of amides is 4. The maximum Gasteiger partial charge on any atom is 0.322 e. The first-order chi connectivity index (χ1) is 15.6. The molecule has 33 heavy (non-hydrogen) atoms. The highest BCUT2D eigenvalue weighted by atomic mass is 32.2. The van der Waals surface area contributed by atoms with E-state index < -0.39 is 54.3 Å². The average molecular weight is 482 g/mol. The minimum Gasteiger partial charge on any atom is -0.480 e. The number of thioether (sulfide) groups is 1. The van der Waals surface area contributed by atoms with E-state index in [9.17, 15) is 24.0 Å². The van der Waals surface area contributed by atoms with Crippen molar-refractivity contribution in [1.29, 1.82) is 0 Å². The normalized spacial score (nSPS) is 13.3. The lowest BCUT2D eigenvalue weighted by atomic mass is 10.0. The highest BCUT2D eigenvalue weighted by molar-refractivity contribution is 7.98. The molecular weight excluding hydrogens is 450 g/mol. The van der Waals surface area contributed by atoms with Gasteiger partial charge in [-0.3, -0.25) is 24.0 Å². The van der Waals surface area contributed by atoms with Crippen molar-refractivity contribution in [2.24, 2.45) is 11.5 Å². The predicted molar refractivity (Wildman–Crippen MR) is 124 cm³/mol. The molecule has 3 atom stereocenters. The molecule has 0 bridgehead atoms. The molecule has 0 radical (unpaired) electrons. The molecule has 182 valence electrons. The van der Waals surface area contributed by atoms with Crippen LogP contribution in [0.15, 0.2) is 30.3 Å². The van der Waals surface area contributed by atoms with Gasteiger partial charge in [-0.2, -0.15) is 11.8 Å². The van der Waals surface area contributed by atoms with E-state index in [0.29, 0.717) is 5.75 Å². The van der Waals surface area contributed by atoms with E-state index in [0.717, 1.165) is 5.56 Å². The Morgan fingerprint density at radius 2 is 1.61 bits per heavy atom. The molecule has 0 aliphatic heterocycles. The summed E-state index contributed by atoms with van der Waals surface area (Å²) < 4.78 is 0. The Hall–Kier alpha value is -3.12. The lowest BCUT2D eigenvalue weighted by molar-refractivity contribution is -0.138. The second-order valence-electron chi connectivity index (χ2n) is 7.32. The molecule has 0 spiro atoms. The number of nitrogens with one attached hydrogen (secondary N) is 3. The lowest BCUT2D eigenvalue weighted by Crippen LogP contribution is -2.56. The number of benzene rings is 1. The molecule has 1 rings (SSSR count). The van der Waals surface area contributed by atoms with Crippen molar-refractivity contribution in [1.82, 2.24) is 16.0 Å². The number of hydrogen-bond acceptors (Lipinski definition) is 7. The minimum absolute atomic E-state index is 0.0226. The van der Waals surface area contributed by atoms with Crippen molar-refractivity contribution in [3.05, 3.63) is 35.9 Å². The van der Waals surface area contributed by atoms with Gasteiger partial charge in [-0.05, 0) is 30.4 Å². The Morgan fingerprint density at radius 1 is 0.970 bits per heavy atom. The highest BCUT2D eigenvalue weighted by Gasteiger charge is 2.28. The molecule has 0 saturated heterocycles. The molecule has 0 fully saturated rings. The monoisotopic (exact) mass is 481 g/mol. The third-order valence-electron chi connectivity index (χ3n) is 4.61. The maximum atomic E-state index is 13.0. The molecule has 0 heterocycles. The predicted octanol–water partition coefficient (Wildman–Crippen LogP) is -1.25. The molecule has 0 aliphatic rings. The number of primary amides is 1. The quantitative estimate of drug-likeness (QED) is 0.179. The number of hydrogen-bond donors (Lipinski definition) is 6. The first-order valence-electron chi connectivity index (χ1n) is 10.3. The Morgan fingerprint density at radius 3 is 2.18 bits per heavy atom. The molecule has 1 aromatic rings. The third-order valence-corrected chi connectivity index (χ3v) is 5.26. The van der Waals surface area contributed by atoms with Crippen LogP contribution in [0.2, 0.25) is 0 Å². The summed E-state index contributed by atoms with van der Waals surface area (Å²) in [7, 11) is 0. The fraction of sp³-hybridized carbons (Fsp3) is 0.476. The molecule has 3 unspecified atom stereocenters. The van der Waals surface area contributed by atoms with Gasteiger partial charge in [-0.25, -0.2) is 0 Å². The number of carbonyl (C=O) groups is 5. The van der Waals surface area contributed by atoms with Crippen LogP contribution in [0.1, 0.15) is 24.8 Å². The first-order valence-corrected chi connectivity index (χ1v) is 11.7. The largest absolute Gasteiger partial charge is 0.480 e. The Kier molecular flexibility index (Phi) is 12.6. The zero-order chi connectivity index (χ0) is 24.8. The zero-order valence-corrected chi connectivity index (χ0v) is 19.2. The number of carboxylic acids is 1. The molecular formula is C21H31N5O6S. The van der Waals surface area contributed by atoms with Gasteiger partial charge in [-0.15, -0.1) is 0 Å². The summed E-state index contributed by atoms with van der Waals surface area (Å²) >= 11 is 1.46.